The number of aryl methyl sites for hydroxylation is 2. The molecule has 0 fully saturated rings. The Labute approximate surface area is 198 Å². The van der Waals surface area contributed by atoms with Gasteiger partial charge in [-0.25, -0.2) is 0 Å². The molecule has 33 heavy (non-hydrogen) atoms. The first-order valence-electron chi connectivity index (χ1n) is 10.9. The van der Waals surface area contributed by atoms with E-state index >= 15 is 0 Å². The number of fused-ring (bicyclic) bond motifs is 3. The zero-order chi connectivity index (χ0) is 23.9. The van der Waals surface area contributed by atoms with E-state index in [1.54, 1.807) is 11.3 Å². The maximum atomic E-state index is 12.8. The van der Waals surface area contributed by atoms with Gasteiger partial charge in [-0.2, -0.15) is 0 Å². The summed E-state index contributed by atoms with van der Waals surface area (Å²) >= 11 is 1.70. The lowest BCUT2D eigenvalue weighted by Gasteiger charge is -2.21. The molecule has 6 nitrogen and oxygen atoms in total. The lowest BCUT2D eigenvalue weighted by Crippen LogP contribution is -2.25. The molecule has 0 bridgehead atoms. The summed E-state index contributed by atoms with van der Waals surface area (Å²) in [6.07, 6.45) is 0.0886. The highest BCUT2D eigenvalue weighted by Gasteiger charge is 2.33. The van der Waals surface area contributed by atoms with Crippen LogP contribution in [-0.2, 0) is 9.53 Å². The smallest absolute Gasteiger partial charge is 0.308 e. The van der Waals surface area contributed by atoms with Crippen LogP contribution in [0.1, 0.15) is 78.9 Å². The number of benzene rings is 1. The second-order valence-corrected chi connectivity index (χ2v) is 10.3. The van der Waals surface area contributed by atoms with Gasteiger partial charge in [-0.3, -0.25) is 14.4 Å². The summed E-state index contributed by atoms with van der Waals surface area (Å²) < 4.78 is 7.65. The molecule has 170 valence electrons. The molecule has 0 aliphatic carbocycles. The molecule has 1 aliphatic rings. The molecular weight excluding hydrogens is 432 g/mol. The van der Waals surface area contributed by atoms with Gasteiger partial charge < -0.3 is 4.74 Å². The van der Waals surface area contributed by atoms with E-state index < -0.39 is 11.6 Å². The maximum Gasteiger partial charge on any atom is 0.308 e. The van der Waals surface area contributed by atoms with Crippen molar-refractivity contribution in [2.45, 2.75) is 66.5 Å². The monoisotopic (exact) mass is 460 g/mol. The Hall–Kier alpha value is -3.24. The van der Waals surface area contributed by atoms with E-state index in [0.29, 0.717) is 5.82 Å². The molecule has 3 aromatic rings. The van der Waals surface area contributed by atoms with E-state index in [2.05, 4.69) is 35.9 Å². The summed E-state index contributed by atoms with van der Waals surface area (Å²) in [6, 6.07) is 7.57. The minimum atomic E-state index is -0.569. The Kier molecular flexibility index (Phi) is 5.98. The lowest BCUT2D eigenvalue weighted by molar-refractivity contribution is -0.155. The quantitative estimate of drug-likeness (QED) is 0.395. The zero-order valence-corrected chi connectivity index (χ0v) is 20.9. The molecule has 0 spiro atoms. The average Bonchev–Trinajstić information content (AvgIpc) is 3.20. The molecule has 3 heterocycles. The molecule has 1 atom stereocenters. The summed E-state index contributed by atoms with van der Waals surface area (Å²) in [5.74, 6) is 7.14. The summed E-state index contributed by atoms with van der Waals surface area (Å²) in [6.45, 7) is 13.6. The number of esters is 1. The summed E-state index contributed by atoms with van der Waals surface area (Å²) in [4.78, 5) is 19.1. The van der Waals surface area contributed by atoms with Crippen LogP contribution >= 0.6 is 11.3 Å². The van der Waals surface area contributed by atoms with Crippen molar-refractivity contribution in [1.29, 1.82) is 0 Å². The largest absolute Gasteiger partial charge is 0.460 e. The Balaban J connectivity index is 1.90. The van der Waals surface area contributed by atoms with Crippen molar-refractivity contribution in [3.8, 4) is 16.8 Å². The van der Waals surface area contributed by atoms with E-state index in [4.69, 9.17) is 9.73 Å². The number of hydrogen-bond donors (Lipinski definition) is 0. The molecule has 0 amide bonds. The van der Waals surface area contributed by atoms with Crippen molar-refractivity contribution >= 4 is 23.0 Å². The van der Waals surface area contributed by atoms with Crippen LogP contribution in [-0.4, -0.2) is 32.0 Å². The van der Waals surface area contributed by atoms with Gasteiger partial charge in [-0.1, -0.05) is 18.1 Å². The number of carbonyl (C=O) groups excluding carboxylic acids is 1. The van der Waals surface area contributed by atoms with Gasteiger partial charge in [0.25, 0.3) is 0 Å². The fourth-order valence-electron chi connectivity index (χ4n) is 3.92. The average molecular weight is 461 g/mol. The summed E-state index contributed by atoms with van der Waals surface area (Å²) in [5.41, 5.74) is 4.43. The molecular formula is C26H28N4O2S. The van der Waals surface area contributed by atoms with Crippen LogP contribution in [0.3, 0.4) is 0 Å². The summed E-state index contributed by atoms with van der Waals surface area (Å²) in [7, 11) is 0. The number of rotatable bonds is 3. The van der Waals surface area contributed by atoms with Gasteiger partial charge >= 0.3 is 5.97 Å². The predicted octanol–water partition coefficient (Wildman–Crippen LogP) is 5.25. The first-order valence-corrected chi connectivity index (χ1v) is 11.8. The van der Waals surface area contributed by atoms with E-state index in [0.717, 1.165) is 33.2 Å². The molecule has 0 N–H and O–H groups in total. The molecule has 1 aromatic carbocycles. The van der Waals surface area contributed by atoms with E-state index in [1.165, 1.54) is 10.4 Å². The van der Waals surface area contributed by atoms with E-state index in [9.17, 15) is 4.79 Å². The maximum absolute atomic E-state index is 12.8. The van der Waals surface area contributed by atoms with Gasteiger partial charge in [0.05, 0.1) is 12.1 Å². The minimum absolute atomic E-state index is 0.0886. The van der Waals surface area contributed by atoms with Crippen LogP contribution in [0.25, 0.3) is 5.00 Å². The van der Waals surface area contributed by atoms with Crippen LogP contribution < -0.4 is 0 Å². The number of carbonyl (C=O) groups is 1. The topological polar surface area (TPSA) is 69.4 Å². The van der Waals surface area contributed by atoms with E-state index in [1.807, 2.05) is 63.5 Å². The molecule has 1 aliphatic heterocycles. The molecule has 0 saturated carbocycles. The number of aliphatic imine (C=N–C) groups is 1. The van der Waals surface area contributed by atoms with E-state index in [-0.39, 0.29) is 12.4 Å². The number of aromatic nitrogens is 3. The fourth-order valence-corrected chi connectivity index (χ4v) is 5.14. The van der Waals surface area contributed by atoms with Crippen LogP contribution in [0.5, 0.6) is 0 Å². The minimum Gasteiger partial charge on any atom is -0.460 e. The fraction of sp³-hybridized carbons (Fsp3) is 0.385. The van der Waals surface area contributed by atoms with Crippen LogP contribution in [0, 0.1) is 32.6 Å². The predicted molar refractivity (Wildman–Crippen MR) is 131 cm³/mol. The van der Waals surface area contributed by atoms with Gasteiger partial charge in [0.15, 0.2) is 5.82 Å². The summed E-state index contributed by atoms with van der Waals surface area (Å²) in [5, 5.41) is 9.79. The van der Waals surface area contributed by atoms with Crippen molar-refractivity contribution in [2.75, 3.05) is 0 Å². The van der Waals surface area contributed by atoms with Crippen LogP contribution in [0.4, 0.5) is 0 Å². The van der Waals surface area contributed by atoms with Crippen molar-refractivity contribution in [3.63, 3.8) is 0 Å². The van der Waals surface area contributed by atoms with Crippen molar-refractivity contribution in [3.05, 3.63) is 63.0 Å². The molecule has 0 saturated heterocycles. The van der Waals surface area contributed by atoms with Gasteiger partial charge in [0.2, 0.25) is 0 Å². The lowest BCUT2D eigenvalue weighted by atomic mass is 9.98. The second-order valence-electron chi connectivity index (χ2n) is 9.14. The van der Waals surface area contributed by atoms with Gasteiger partial charge in [0, 0.05) is 21.6 Å². The molecule has 4 rings (SSSR count). The standard InChI is InChI=1S/C26H28N4O2S/c1-8-9-18-10-12-19(13-11-18)23-22-15(2)16(3)33-25(22)30-17(4)28-29-24(30)20(27-23)14-21(31)32-26(5,6)7/h10-13,20H,14H2,1-7H3/t20-/m0/s1. The third-order valence-corrected chi connectivity index (χ3v) is 6.64. The molecule has 7 heteroatoms. The SMILES string of the molecule is CC#Cc1ccc(C2=N[C@@H](CC(=O)OC(C)(C)C)c3nnc(C)n3-c3sc(C)c(C)c32)cc1. The second kappa shape index (κ2) is 8.60. The number of ether oxygens (including phenoxy) is 1. The number of nitrogens with zero attached hydrogens (tertiary/aromatic N) is 4. The Morgan fingerprint density at radius 1 is 1.15 bits per heavy atom. The Morgan fingerprint density at radius 3 is 2.48 bits per heavy atom. The normalized spacial score (nSPS) is 15.0. The Morgan fingerprint density at radius 2 is 1.85 bits per heavy atom. The van der Waals surface area contributed by atoms with Crippen molar-refractivity contribution in [2.24, 2.45) is 4.99 Å². The van der Waals surface area contributed by atoms with Crippen molar-refractivity contribution in [1.82, 2.24) is 14.8 Å². The third kappa shape index (κ3) is 4.49. The van der Waals surface area contributed by atoms with Gasteiger partial charge in [-0.05, 0) is 66.2 Å². The van der Waals surface area contributed by atoms with Crippen LogP contribution in [0.15, 0.2) is 29.3 Å². The first-order chi connectivity index (χ1) is 15.6. The third-order valence-electron chi connectivity index (χ3n) is 5.45. The number of hydrogen-bond acceptors (Lipinski definition) is 6. The van der Waals surface area contributed by atoms with Crippen LogP contribution in [0.2, 0.25) is 0 Å². The zero-order valence-electron chi connectivity index (χ0n) is 20.1. The first kappa shape index (κ1) is 22.9. The highest BCUT2D eigenvalue weighted by atomic mass is 32.1. The Bertz CT molecular complexity index is 1310. The highest BCUT2D eigenvalue weighted by Crippen LogP contribution is 2.39. The molecule has 2 aromatic heterocycles. The van der Waals surface area contributed by atoms with Crippen molar-refractivity contribution < 1.29 is 9.53 Å². The number of thiophene rings is 1. The highest BCUT2D eigenvalue weighted by molar-refractivity contribution is 7.15. The molecule has 0 unspecified atom stereocenters. The molecule has 0 radical (unpaired) electrons. The van der Waals surface area contributed by atoms with Gasteiger partial charge in [0.1, 0.15) is 22.5 Å². The van der Waals surface area contributed by atoms with Gasteiger partial charge in [-0.15, -0.1) is 27.5 Å².